The topological polar surface area (TPSA) is 9.86 Å². The fourth-order valence-corrected chi connectivity index (χ4v) is 10.9. The Morgan fingerprint density at radius 1 is 0.406 bits per heavy atom. The Balaban J connectivity index is 1.19. The first-order valence-corrected chi connectivity index (χ1v) is 22.7. The lowest BCUT2D eigenvalue weighted by Crippen LogP contribution is -2.56. The maximum absolute atomic E-state index is 7.44. The van der Waals surface area contributed by atoms with Gasteiger partial charge in [0.2, 0.25) is 0 Å². The van der Waals surface area contributed by atoms with Crippen LogP contribution in [0.4, 0.5) is 0 Å². The van der Waals surface area contributed by atoms with Crippen molar-refractivity contribution < 1.29 is 0 Å². The van der Waals surface area contributed by atoms with Crippen LogP contribution in [0.15, 0.2) is 103 Å². The molecule has 10 aromatic rings. The van der Waals surface area contributed by atoms with Gasteiger partial charge in [0.15, 0.2) is 0 Å². The van der Waals surface area contributed by atoms with Gasteiger partial charge >= 0.3 is 0 Å². The Kier molecular flexibility index (Phi) is 10.3. The van der Waals surface area contributed by atoms with Crippen molar-refractivity contribution in [2.24, 2.45) is 0 Å². The second-order valence-corrected chi connectivity index (χ2v) is 20.0. The molecule has 11 rings (SSSR count). The van der Waals surface area contributed by atoms with Gasteiger partial charge in [-0.2, -0.15) is 0 Å². The normalized spacial score (nSPS) is 13.2. The Morgan fingerprint density at radius 3 is 1.62 bits per heavy atom. The van der Waals surface area contributed by atoms with Crippen LogP contribution in [-0.2, 0) is 10.8 Å². The number of rotatable bonds is 4. The van der Waals surface area contributed by atoms with E-state index < -0.39 is 0 Å². The standard InChI is InChI=1S/C55H32B12N2/c1-54(2,3)26-14-10-23(11-15-26)24-12-17-30-31-20-25(13-19-34(31)69(35(30)21-24)53-49(66)45(62)43(60)46(63)50(53)67)36-39(56)37-38-41(58)42(59)44(61)48(65)52(38)68(51(37)47(64)40(36)57)27-16-18-29-28-8-6-7-9-32(28)55(4,5)33(29)22-27/h6-22H,1-5H3. The van der Waals surface area contributed by atoms with E-state index in [-0.39, 0.29) is 70.9 Å². The number of nitrogens with zero attached hydrogens (tertiary/aromatic N) is 2. The molecule has 0 unspecified atom stereocenters. The Labute approximate surface area is 420 Å². The Hall–Kier alpha value is -5.86. The van der Waals surface area contributed by atoms with E-state index in [1.165, 1.54) is 16.7 Å². The van der Waals surface area contributed by atoms with E-state index in [1.54, 1.807) is 0 Å². The van der Waals surface area contributed by atoms with E-state index >= 15 is 0 Å². The minimum atomic E-state index is -0.308. The van der Waals surface area contributed by atoms with Crippen molar-refractivity contribution in [1.29, 1.82) is 0 Å². The SMILES string of the molecule is [B]c1c([B])c([B])c(-n2c3ccc(-c4c([B])c([B])c5c(c4[B])c4c([B])c([B])c([B])c([B])c4n5-c4ccc5c(c4)C(C)(C)c4ccccc4-5)cc3c3ccc(-c4ccc(C(C)(C)C)cc4)cc32)c([B])c1[B]. The van der Waals surface area contributed by atoms with Crippen molar-refractivity contribution in [2.75, 3.05) is 0 Å². The first-order valence-electron chi connectivity index (χ1n) is 22.7. The smallest absolute Gasteiger partial charge is 0.115 e. The highest BCUT2D eigenvalue weighted by molar-refractivity contribution is 6.70. The summed E-state index contributed by atoms with van der Waals surface area (Å²) < 4.78 is 3.94. The van der Waals surface area contributed by atoms with Crippen LogP contribution in [-0.4, -0.2) is 103 Å². The van der Waals surface area contributed by atoms with Gasteiger partial charge in [-0.15, -0.1) is 27.3 Å². The first kappa shape index (κ1) is 45.6. The van der Waals surface area contributed by atoms with Crippen LogP contribution >= 0.6 is 0 Å². The summed E-state index contributed by atoms with van der Waals surface area (Å²) in [7, 11) is 82.1. The lowest BCUT2D eigenvalue weighted by atomic mass is 9.61. The Morgan fingerprint density at radius 2 is 0.957 bits per heavy atom. The summed E-state index contributed by atoms with van der Waals surface area (Å²) in [5.41, 5.74) is 14.9. The van der Waals surface area contributed by atoms with Gasteiger partial charge in [-0.05, 0) is 91.2 Å². The lowest BCUT2D eigenvalue weighted by Gasteiger charge is -2.23. The molecular formula is C55H32B12N2. The van der Waals surface area contributed by atoms with Crippen molar-refractivity contribution >= 4 is 203 Å². The molecule has 24 radical (unpaired) electrons. The number of benzene rings is 8. The van der Waals surface area contributed by atoms with Crippen molar-refractivity contribution in [3.8, 4) is 44.8 Å². The third-order valence-electron chi connectivity index (χ3n) is 14.8. The van der Waals surface area contributed by atoms with Gasteiger partial charge in [-0.1, -0.05) is 146 Å². The molecule has 0 atom stereocenters. The molecule has 0 saturated carbocycles. The van der Waals surface area contributed by atoms with Gasteiger partial charge in [0, 0.05) is 44.0 Å². The fourth-order valence-electron chi connectivity index (χ4n) is 10.9. The number of aromatic nitrogens is 2. The summed E-state index contributed by atoms with van der Waals surface area (Å²) in [6.45, 7) is 11.0. The molecule has 1 aliphatic rings. The van der Waals surface area contributed by atoms with E-state index in [1.807, 2.05) is 33.4 Å². The highest BCUT2D eigenvalue weighted by atomic mass is 15.0. The lowest BCUT2D eigenvalue weighted by molar-refractivity contribution is 0.590. The van der Waals surface area contributed by atoms with E-state index in [0.29, 0.717) is 44.1 Å². The van der Waals surface area contributed by atoms with E-state index in [0.717, 1.165) is 49.7 Å². The van der Waals surface area contributed by atoms with Crippen LogP contribution in [0.5, 0.6) is 0 Å². The molecule has 69 heavy (non-hydrogen) atoms. The van der Waals surface area contributed by atoms with Crippen molar-refractivity contribution in [3.05, 3.63) is 120 Å². The molecule has 0 N–H and O–H groups in total. The fraction of sp³-hybridized carbons (Fsp3) is 0.127. The summed E-state index contributed by atoms with van der Waals surface area (Å²) in [6.07, 6.45) is 0. The monoisotopic (exact) mass is 852 g/mol. The van der Waals surface area contributed by atoms with Crippen LogP contribution in [0, 0.1) is 0 Å². The zero-order chi connectivity index (χ0) is 49.1. The average molecular weight is 851 g/mol. The van der Waals surface area contributed by atoms with E-state index in [2.05, 4.69) is 113 Å². The average Bonchev–Trinajstić information content (AvgIpc) is 3.94. The molecule has 14 heteroatoms. The molecule has 0 amide bonds. The largest absolute Gasteiger partial charge is 0.311 e. The molecule has 2 aromatic heterocycles. The predicted octanol–water partition coefficient (Wildman–Crippen LogP) is 0.344. The quantitative estimate of drug-likeness (QED) is 0.227. The zero-order valence-corrected chi connectivity index (χ0v) is 39.1. The van der Waals surface area contributed by atoms with Gasteiger partial charge in [0.1, 0.15) is 94.2 Å². The van der Waals surface area contributed by atoms with Crippen molar-refractivity contribution in [3.63, 3.8) is 0 Å². The van der Waals surface area contributed by atoms with E-state index in [9.17, 15) is 0 Å². The molecule has 1 aliphatic carbocycles. The molecular weight excluding hydrogens is 818 g/mol. The molecule has 2 heterocycles. The Bertz CT molecular complexity index is 3900. The van der Waals surface area contributed by atoms with Gasteiger partial charge in [-0.3, -0.25) is 0 Å². The van der Waals surface area contributed by atoms with E-state index in [4.69, 9.17) is 94.2 Å². The molecule has 298 valence electrons. The summed E-state index contributed by atoms with van der Waals surface area (Å²) in [5.74, 6) is 0. The maximum atomic E-state index is 7.44. The highest BCUT2D eigenvalue weighted by Crippen LogP contribution is 2.49. The minimum absolute atomic E-state index is 0.00971. The molecule has 8 aromatic carbocycles. The van der Waals surface area contributed by atoms with Gasteiger partial charge < -0.3 is 9.13 Å². The van der Waals surface area contributed by atoms with Crippen molar-refractivity contribution in [1.82, 2.24) is 9.13 Å². The summed E-state index contributed by atoms with van der Waals surface area (Å²) in [5, 5.41) is 2.74. The maximum Gasteiger partial charge on any atom is 0.115 e. The molecule has 0 aliphatic heterocycles. The van der Waals surface area contributed by atoms with Crippen LogP contribution in [0.1, 0.15) is 51.3 Å². The summed E-state index contributed by atoms with van der Waals surface area (Å²) in [6, 6.07) is 35.5. The molecule has 2 nitrogen and oxygen atoms in total. The minimum Gasteiger partial charge on any atom is -0.311 e. The summed E-state index contributed by atoms with van der Waals surface area (Å²) >= 11 is 0. The van der Waals surface area contributed by atoms with Crippen molar-refractivity contribution in [2.45, 2.75) is 45.4 Å². The van der Waals surface area contributed by atoms with Gasteiger partial charge in [0.05, 0.1) is 11.0 Å². The number of hydrogen-bond acceptors (Lipinski definition) is 0. The predicted molar refractivity (Wildman–Crippen MR) is 307 cm³/mol. The molecule has 0 fully saturated rings. The van der Waals surface area contributed by atoms with Crippen LogP contribution in [0.25, 0.3) is 88.4 Å². The van der Waals surface area contributed by atoms with Crippen LogP contribution < -0.4 is 65.6 Å². The molecule has 0 spiro atoms. The number of hydrogen-bond donors (Lipinski definition) is 0. The first-order chi connectivity index (χ1) is 32.6. The second kappa shape index (κ2) is 15.6. The third kappa shape index (κ3) is 6.35. The third-order valence-corrected chi connectivity index (χ3v) is 14.8. The molecule has 0 bridgehead atoms. The van der Waals surface area contributed by atoms with Crippen LogP contribution in [0.2, 0.25) is 0 Å². The summed E-state index contributed by atoms with van der Waals surface area (Å²) in [4.78, 5) is 0. The second-order valence-electron chi connectivity index (χ2n) is 20.0. The number of fused-ring (bicyclic) bond motifs is 9. The zero-order valence-electron chi connectivity index (χ0n) is 39.1. The van der Waals surface area contributed by atoms with Gasteiger partial charge in [-0.25, -0.2) is 0 Å². The highest BCUT2D eigenvalue weighted by Gasteiger charge is 2.36. The molecule has 0 saturated heterocycles. The van der Waals surface area contributed by atoms with Crippen LogP contribution in [0.3, 0.4) is 0 Å². The van der Waals surface area contributed by atoms with Gasteiger partial charge in [0.25, 0.3) is 0 Å².